The third-order valence-corrected chi connectivity index (χ3v) is 5.32. The van der Waals surface area contributed by atoms with E-state index in [0.29, 0.717) is 6.54 Å². The van der Waals surface area contributed by atoms with Gasteiger partial charge in [0, 0.05) is 18.0 Å². The van der Waals surface area contributed by atoms with Crippen LogP contribution in [0.4, 0.5) is 0 Å². The average Bonchev–Trinajstić information content (AvgIpc) is 2.39. The highest BCUT2D eigenvalue weighted by molar-refractivity contribution is 7.89. The number of sulfonamides is 1. The summed E-state index contributed by atoms with van der Waals surface area (Å²) in [5.74, 6) is 0.180. The van der Waals surface area contributed by atoms with Gasteiger partial charge in [-0.25, -0.2) is 8.42 Å². The Morgan fingerprint density at radius 1 is 1.30 bits per heavy atom. The maximum Gasteiger partial charge on any atom is 0.243 e. The van der Waals surface area contributed by atoms with Crippen molar-refractivity contribution in [2.24, 2.45) is 11.0 Å². The molecule has 0 aromatic heterocycles. The Morgan fingerprint density at radius 2 is 1.95 bits per heavy atom. The lowest BCUT2D eigenvalue weighted by molar-refractivity contribution is 0.254. The Bertz CT molecular complexity index is 620. The molecule has 0 saturated carbocycles. The fourth-order valence-corrected chi connectivity index (χ4v) is 4.08. The SMILES string of the molecule is Cc1ccc(S(=O)(=O)N2CC(C)C[C@@H](N=[N+]=[N-])C2)cc1. The van der Waals surface area contributed by atoms with Gasteiger partial charge in [-0.2, -0.15) is 4.31 Å². The number of azide groups is 1. The van der Waals surface area contributed by atoms with Crippen LogP contribution in [0.5, 0.6) is 0 Å². The van der Waals surface area contributed by atoms with Crippen molar-refractivity contribution >= 4 is 10.0 Å². The van der Waals surface area contributed by atoms with Gasteiger partial charge in [-0.15, -0.1) is 0 Å². The zero-order chi connectivity index (χ0) is 14.8. The molecule has 0 spiro atoms. The van der Waals surface area contributed by atoms with Crippen molar-refractivity contribution in [3.8, 4) is 0 Å². The minimum absolute atomic E-state index is 0.180. The smallest absolute Gasteiger partial charge is 0.207 e. The third-order valence-electron chi connectivity index (χ3n) is 3.48. The van der Waals surface area contributed by atoms with Crippen LogP contribution in [-0.2, 0) is 10.0 Å². The molecule has 20 heavy (non-hydrogen) atoms. The Hall–Kier alpha value is -1.56. The lowest BCUT2D eigenvalue weighted by atomic mass is 9.98. The Kier molecular flexibility index (Phi) is 4.32. The zero-order valence-electron chi connectivity index (χ0n) is 11.6. The molecule has 1 aliphatic rings. The van der Waals surface area contributed by atoms with Gasteiger partial charge >= 0.3 is 0 Å². The van der Waals surface area contributed by atoms with Gasteiger partial charge in [0.05, 0.1) is 10.9 Å². The highest BCUT2D eigenvalue weighted by Gasteiger charge is 2.32. The first-order chi connectivity index (χ1) is 9.43. The van der Waals surface area contributed by atoms with E-state index in [2.05, 4.69) is 10.0 Å². The van der Waals surface area contributed by atoms with E-state index in [1.54, 1.807) is 24.3 Å². The first kappa shape index (κ1) is 14.8. The van der Waals surface area contributed by atoms with Crippen LogP contribution < -0.4 is 0 Å². The summed E-state index contributed by atoms with van der Waals surface area (Å²) in [6, 6.07) is 6.51. The number of hydrogen-bond acceptors (Lipinski definition) is 3. The molecule has 6 nitrogen and oxygen atoms in total. The second-order valence-electron chi connectivity index (χ2n) is 5.33. The van der Waals surface area contributed by atoms with Crippen molar-refractivity contribution in [2.45, 2.75) is 31.2 Å². The van der Waals surface area contributed by atoms with E-state index < -0.39 is 10.0 Å². The maximum absolute atomic E-state index is 12.6. The number of nitrogens with zero attached hydrogens (tertiary/aromatic N) is 4. The second-order valence-corrected chi connectivity index (χ2v) is 7.27. The Morgan fingerprint density at radius 3 is 2.55 bits per heavy atom. The summed E-state index contributed by atoms with van der Waals surface area (Å²) in [6.45, 7) is 4.60. The minimum atomic E-state index is -3.51. The molecule has 1 unspecified atom stereocenters. The van der Waals surface area contributed by atoms with Crippen LogP contribution in [-0.4, -0.2) is 31.9 Å². The molecule has 108 valence electrons. The number of benzene rings is 1. The molecular weight excluding hydrogens is 276 g/mol. The van der Waals surface area contributed by atoms with Crippen LogP contribution in [0, 0.1) is 12.8 Å². The Balaban J connectivity index is 2.28. The number of piperidine rings is 1. The monoisotopic (exact) mass is 294 g/mol. The molecule has 1 saturated heterocycles. The molecule has 7 heteroatoms. The molecule has 0 bridgehead atoms. The molecular formula is C13H18N4O2S. The van der Waals surface area contributed by atoms with Crippen LogP contribution >= 0.6 is 0 Å². The summed E-state index contributed by atoms with van der Waals surface area (Å²) in [5, 5.41) is 3.68. The van der Waals surface area contributed by atoms with E-state index in [-0.39, 0.29) is 23.4 Å². The van der Waals surface area contributed by atoms with Crippen LogP contribution in [0.3, 0.4) is 0 Å². The predicted molar refractivity (Wildman–Crippen MR) is 76.7 cm³/mol. The van der Waals surface area contributed by atoms with Crippen molar-refractivity contribution in [3.05, 3.63) is 40.3 Å². The molecule has 1 aliphatic heterocycles. The van der Waals surface area contributed by atoms with E-state index in [1.807, 2.05) is 13.8 Å². The van der Waals surface area contributed by atoms with E-state index in [4.69, 9.17) is 5.53 Å². The van der Waals surface area contributed by atoms with Crippen molar-refractivity contribution in [3.63, 3.8) is 0 Å². The summed E-state index contributed by atoms with van der Waals surface area (Å²) in [4.78, 5) is 3.09. The lowest BCUT2D eigenvalue weighted by Crippen LogP contribution is -2.44. The standard InChI is InChI=1S/C13H18N4O2S/c1-10-3-5-13(6-4-10)20(18,19)17-8-11(2)7-12(9-17)15-16-14/h3-6,11-12H,7-9H2,1-2H3/t11?,12-/m1/s1. The maximum atomic E-state index is 12.6. The van der Waals surface area contributed by atoms with Crippen molar-refractivity contribution in [1.82, 2.24) is 4.31 Å². The quantitative estimate of drug-likeness (QED) is 0.487. The summed E-state index contributed by atoms with van der Waals surface area (Å²) >= 11 is 0. The van der Waals surface area contributed by atoms with Crippen LogP contribution in [0.2, 0.25) is 0 Å². The van der Waals surface area contributed by atoms with Crippen LogP contribution in [0.1, 0.15) is 18.9 Å². The molecule has 2 rings (SSSR count). The zero-order valence-corrected chi connectivity index (χ0v) is 12.4. The highest BCUT2D eigenvalue weighted by atomic mass is 32.2. The summed E-state index contributed by atoms with van der Waals surface area (Å²) in [6.07, 6.45) is 0.726. The van der Waals surface area contributed by atoms with Gasteiger partial charge in [0.25, 0.3) is 0 Å². The molecule has 1 fully saturated rings. The molecule has 0 radical (unpaired) electrons. The largest absolute Gasteiger partial charge is 0.243 e. The first-order valence-electron chi connectivity index (χ1n) is 6.54. The van der Waals surface area contributed by atoms with Gasteiger partial charge < -0.3 is 0 Å². The number of hydrogen-bond donors (Lipinski definition) is 0. The van der Waals surface area contributed by atoms with Gasteiger partial charge in [0.2, 0.25) is 10.0 Å². The molecule has 2 atom stereocenters. The molecule has 0 amide bonds. The number of aryl methyl sites for hydroxylation is 1. The molecule has 1 aromatic rings. The second kappa shape index (κ2) is 5.83. The molecule has 0 N–H and O–H groups in total. The van der Waals surface area contributed by atoms with Crippen molar-refractivity contribution in [2.75, 3.05) is 13.1 Å². The molecule has 0 aliphatic carbocycles. The topological polar surface area (TPSA) is 86.1 Å². The molecule has 1 aromatic carbocycles. The first-order valence-corrected chi connectivity index (χ1v) is 7.98. The number of rotatable bonds is 3. The van der Waals surface area contributed by atoms with E-state index in [0.717, 1.165) is 12.0 Å². The fourth-order valence-electron chi connectivity index (χ4n) is 2.48. The van der Waals surface area contributed by atoms with Crippen molar-refractivity contribution < 1.29 is 8.42 Å². The normalized spacial score (nSPS) is 24.1. The van der Waals surface area contributed by atoms with E-state index >= 15 is 0 Å². The predicted octanol–water partition coefficient (Wildman–Crippen LogP) is 2.70. The van der Waals surface area contributed by atoms with Gasteiger partial charge in [-0.1, -0.05) is 29.7 Å². The van der Waals surface area contributed by atoms with Gasteiger partial charge in [-0.05, 0) is 36.9 Å². The van der Waals surface area contributed by atoms with Crippen molar-refractivity contribution in [1.29, 1.82) is 0 Å². The van der Waals surface area contributed by atoms with Crippen LogP contribution in [0.15, 0.2) is 34.3 Å². The molecule has 1 heterocycles. The minimum Gasteiger partial charge on any atom is -0.207 e. The van der Waals surface area contributed by atoms with Crippen LogP contribution in [0.25, 0.3) is 10.4 Å². The summed E-state index contributed by atoms with van der Waals surface area (Å²) < 4.78 is 26.6. The Labute approximate surface area is 119 Å². The summed E-state index contributed by atoms with van der Waals surface area (Å²) in [7, 11) is -3.51. The average molecular weight is 294 g/mol. The summed E-state index contributed by atoms with van der Waals surface area (Å²) in [5.41, 5.74) is 9.55. The third kappa shape index (κ3) is 3.12. The van der Waals surface area contributed by atoms with Gasteiger partial charge in [0.15, 0.2) is 0 Å². The van der Waals surface area contributed by atoms with E-state index in [9.17, 15) is 8.42 Å². The van der Waals surface area contributed by atoms with Gasteiger partial charge in [-0.3, -0.25) is 0 Å². The highest BCUT2D eigenvalue weighted by Crippen LogP contribution is 2.25. The fraction of sp³-hybridized carbons (Fsp3) is 0.538. The lowest BCUT2D eigenvalue weighted by Gasteiger charge is -2.33. The van der Waals surface area contributed by atoms with Gasteiger partial charge in [0.1, 0.15) is 0 Å². The van der Waals surface area contributed by atoms with E-state index in [1.165, 1.54) is 4.31 Å².